The summed E-state index contributed by atoms with van der Waals surface area (Å²) in [6.45, 7) is 7.05. The second-order valence-corrected chi connectivity index (χ2v) is 7.96. The summed E-state index contributed by atoms with van der Waals surface area (Å²) >= 11 is 0. The van der Waals surface area contributed by atoms with Gasteiger partial charge in [-0.05, 0) is 32.4 Å². The summed E-state index contributed by atoms with van der Waals surface area (Å²) in [5, 5.41) is 2.88. The minimum Gasteiger partial charge on any atom is -0.444 e. The minimum atomic E-state index is -0.558. The minimum absolute atomic E-state index is 0.203. The first-order valence-electron chi connectivity index (χ1n) is 9.23. The van der Waals surface area contributed by atoms with Crippen LogP contribution in [0.25, 0.3) is 0 Å². The molecule has 0 radical (unpaired) electrons. The van der Waals surface area contributed by atoms with Gasteiger partial charge < -0.3 is 15.0 Å². The van der Waals surface area contributed by atoms with E-state index in [1.807, 2.05) is 57.2 Å². The number of hydroxylamine groups is 1. The normalized spacial score (nSPS) is 18.6. The molecule has 1 spiro atoms. The standard InChI is InChI=1S/C20H27N3O4/c1-19(2,3)26-18(25)23-11-9-20(10-12-23)13-16(22-27-20)17(24)21-14-15-7-5-4-6-8-15/h4-8,13,22H,9-12,14H2,1-3H3,(H,21,24). The van der Waals surface area contributed by atoms with Crippen molar-refractivity contribution < 1.29 is 19.2 Å². The van der Waals surface area contributed by atoms with Gasteiger partial charge in [0.05, 0.1) is 0 Å². The lowest BCUT2D eigenvalue weighted by Gasteiger charge is -2.37. The number of hydrogen-bond acceptors (Lipinski definition) is 5. The van der Waals surface area contributed by atoms with Crippen molar-refractivity contribution in [3.63, 3.8) is 0 Å². The summed E-state index contributed by atoms with van der Waals surface area (Å²) in [7, 11) is 0. The third kappa shape index (κ3) is 5.01. The maximum absolute atomic E-state index is 12.4. The van der Waals surface area contributed by atoms with Crippen molar-refractivity contribution in [1.29, 1.82) is 0 Å². The molecule has 0 aromatic heterocycles. The smallest absolute Gasteiger partial charge is 0.410 e. The lowest BCUT2D eigenvalue weighted by molar-refractivity contribution is -0.120. The van der Waals surface area contributed by atoms with E-state index in [0.29, 0.717) is 38.2 Å². The van der Waals surface area contributed by atoms with Crippen molar-refractivity contribution in [1.82, 2.24) is 15.7 Å². The summed E-state index contributed by atoms with van der Waals surface area (Å²) in [6.07, 6.45) is 2.73. The highest BCUT2D eigenvalue weighted by Gasteiger charge is 2.41. The van der Waals surface area contributed by atoms with Crippen LogP contribution < -0.4 is 10.8 Å². The van der Waals surface area contributed by atoms with E-state index in [1.165, 1.54) is 0 Å². The fourth-order valence-corrected chi connectivity index (χ4v) is 3.10. The van der Waals surface area contributed by atoms with Crippen molar-refractivity contribution in [2.45, 2.75) is 51.4 Å². The van der Waals surface area contributed by atoms with E-state index in [-0.39, 0.29) is 12.0 Å². The molecule has 0 unspecified atom stereocenters. The first-order chi connectivity index (χ1) is 12.8. The van der Waals surface area contributed by atoms with E-state index in [1.54, 1.807) is 4.90 Å². The number of likely N-dealkylation sites (tertiary alicyclic amines) is 1. The Labute approximate surface area is 159 Å². The maximum atomic E-state index is 12.4. The Morgan fingerprint density at radius 2 is 1.89 bits per heavy atom. The number of carbonyl (C=O) groups is 2. The average Bonchev–Trinajstić information content (AvgIpc) is 3.03. The first-order valence-corrected chi connectivity index (χ1v) is 9.23. The summed E-state index contributed by atoms with van der Waals surface area (Å²) in [5.74, 6) is -0.203. The van der Waals surface area contributed by atoms with Crippen molar-refractivity contribution in [2.24, 2.45) is 0 Å². The van der Waals surface area contributed by atoms with Crippen LogP contribution in [0.1, 0.15) is 39.2 Å². The molecule has 1 aromatic rings. The van der Waals surface area contributed by atoms with Crippen molar-refractivity contribution in [3.8, 4) is 0 Å². The van der Waals surface area contributed by atoms with Crippen LogP contribution in [0, 0.1) is 0 Å². The lowest BCUT2D eigenvalue weighted by Crippen LogP contribution is -2.48. The number of benzene rings is 1. The molecule has 7 nitrogen and oxygen atoms in total. The topological polar surface area (TPSA) is 79.9 Å². The highest BCUT2D eigenvalue weighted by molar-refractivity contribution is 5.93. The van der Waals surface area contributed by atoms with Gasteiger partial charge >= 0.3 is 6.09 Å². The molecule has 27 heavy (non-hydrogen) atoms. The lowest BCUT2D eigenvalue weighted by atomic mass is 9.91. The molecule has 2 heterocycles. The van der Waals surface area contributed by atoms with Gasteiger partial charge in [-0.1, -0.05) is 30.3 Å². The van der Waals surface area contributed by atoms with E-state index in [9.17, 15) is 9.59 Å². The monoisotopic (exact) mass is 373 g/mol. The second-order valence-electron chi connectivity index (χ2n) is 7.96. The van der Waals surface area contributed by atoms with E-state index in [0.717, 1.165) is 5.56 Å². The first kappa shape index (κ1) is 19.2. The van der Waals surface area contributed by atoms with Gasteiger partial charge in [-0.15, -0.1) is 0 Å². The molecule has 2 N–H and O–H groups in total. The third-order valence-corrected chi connectivity index (χ3v) is 4.57. The van der Waals surface area contributed by atoms with Crippen molar-refractivity contribution in [3.05, 3.63) is 47.7 Å². The molecular weight excluding hydrogens is 346 g/mol. The molecule has 2 amide bonds. The van der Waals surface area contributed by atoms with Gasteiger partial charge in [-0.2, -0.15) is 0 Å². The number of ether oxygens (including phenoxy) is 1. The number of carbonyl (C=O) groups excluding carboxylic acids is 2. The summed E-state index contributed by atoms with van der Waals surface area (Å²) in [5.41, 5.74) is 3.13. The average molecular weight is 373 g/mol. The van der Waals surface area contributed by atoms with E-state index in [4.69, 9.17) is 9.57 Å². The summed E-state index contributed by atoms with van der Waals surface area (Å²) in [4.78, 5) is 31.9. The number of nitrogens with one attached hydrogen (secondary N) is 2. The zero-order chi connectivity index (χ0) is 19.5. The Bertz CT molecular complexity index is 716. The predicted octanol–water partition coefficient (Wildman–Crippen LogP) is 2.49. The molecule has 0 bridgehead atoms. The fraction of sp³-hybridized carbons (Fsp3) is 0.500. The van der Waals surface area contributed by atoms with Crippen LogP contribution in [0.2, 0.25) is 0 Å². The molecule has 146 valence electrons. The number of hydrogen-bond donors (Lipinski definition) is 2. The summed E-state index contributed by atoms with van der Waals surface area (Å²) < 4.78 is 5.41. The van der Waals surface area contributed by atoms with Gasteiger partial charge in [-0.3, -0.25) is 15.1 Å². The molecule has 2 aliphatic rings. The molecule has 0 atom stereocenters. The van der Waals surface area contributed by atoms with E-state index >= 15 is 0 Å². The van der Waals surface area contributed by atoms with Gasteiger partial charge in [0.1, 0.15) is 16.9 Å². The third-order valence-electron chi connectivity index (χ3n) is 4.57. The van der Waals surface area contributed by atoms with Gasteiger partial charge in [0.25, 0.3) is 5.91 Å². The molecular formula is C20H27N3O4. The molecule has 1 aromatic carbocycles. The van der Waals surface area contributed by atoms with Gasteiger partial charge in [0.2, 0.25) is 0 Å². The number of rotatable bonds is 3. The molecule has 0 aliphatic carbocycles. The maximum Gasteiger partial charge on any atom is 0.410 e. The Morgan fingerprint density at radius 3 is 2.52 bits per heavy atom. The highest BCUT2D eigenvalue weighted by Crippen LogP contribution is 2.32. The number of nitrogens with zero attached hydrogens (tertiary/aromatic N) is 1. The molecule has 1 saturated heterocycles. The Hall–Kier alpha value is -2.54. The van der Waals surface area contributed by atoms with Crippen LogP contribution >= 0.6 is 0 Å². The number of piperidine rings is 1. The van der Waals surface area contributed by atoms with Crippen LogP contribution in [0.15, 0.2) is 42.1 Å². The van der Waals surface area contributed by atoms with Crippen LogP contribution in [0.3, 0.4) is 0 Å². The SMILES string of the molecule is CC(C)(C)OC(=O)N1CCC2(C=C(C(=O)NCc3ccccc3)NO2)CC1. The van der Waals surface area contributed by atoms with E-state index in [2.05, 4.69) is 10.8 Å². The van der Waals surface area contributed by atoms with Crippen LogP contribution in [-0.2, 0) is 20.9 Å². The predicted molar refractivity (Wildman–Crippen MR) is 100 cm³/mol. The molecule has 2 aliphatic heterocycles. The largest absolute Gasteiger partial charge is 0.444 e. The quantitative estimate of drug-likeness (QED) is 0.851. The van der Waals surface area contributed by atoms with Crippen molar-refractivity contribution >= 4 is 12.0 Å². The van der Waals surface area contributed by atoms with Gasteiger partial charge in [-0.25, -0.2) is 4.79 Å². The van der Waals surface area contributed by atoms with Crippen LogP contribution in [-0.4, -0.2) is 41.2 Å². The molecule has 1 fully saturated rings. The Balaban J connectivity index is 1.53. The van der Waals surface area contributed by atoms with Crippen LogP contribution in [0.4, 0.5) is 4.79 Å². The number of amides is 2. The Kier molecular flexibility index (Phi) is 5.41. The fourth-order valence-electron chi connectivity index (χ4n) is 3.10. The van der Waals surface area contributed by atoms with Crippen LogP contribution in [0.5, 0.6) is 0 Å². The second kappa shape index (κ2) is 7.60. The zero-order valence-corrected chi connectivity index (χ0v) is 16.1. The van der Waals surface area contributed by atoms with Gasteiger partial charge in [0.15, 0.2) is 0 Å². The van der Waals surface area contributed by atoms with Gasteiger partial charge in [0, 0.05) is 32.5 Å². The zero-order valence-electron chi connectivity index (χ0n) is 16.1. The Morgan fingerprint density at radius 1 is 1.22 bits per heavy atom. The molecule has 0 saturated carbocycles. The molecule has 3 rings (SSSR count). The highest BCUT2D eigenvalue weighted by atomic mass is 16.7. The van der Waals surface area contributed by atoms with Crippen molar-refractivity contribution in [2.75, 3.05) is 13.1 Å². The summed E-state index contributed by atoms with van der Waals surface area (Å²) in [6, 6.07) is 9.73. The molecule has 7 heteroatoms. The van der Waals surface area contributed by atoms with E-state index < -0.39 is 11.2 Å².